The number of hydrogen-bond donors (Lipinski definition) is 1. The fraction of sp³-hybridized carbons (Fsp3) is 0.824. The van der Waals surface area contributed by atoms with E-state index in [4.69, 9.17) is 5.73 Å². The first-order valence-electron chi connectivity index (χ1n) is 9.21. The van der Waals surface area contributed by atoms with Crippen molar-refractivity contribution in [3.8, 4) is 0 Å². The van der Waals surface area contributed by atoms with E-state index in [0.717, 1.165) is 50.0 Å². The van der Waals surface area contributed by atoms with Crippen LogP contribution in [-0.2, 0) is 4.79 Å². The normalized spacial score (nSPS) is 31.0. The maximum absolute atomic E-state index is 13.0. The topological polar surface area (TPSA) is 75.4 Å². The second kappa shape index (κ2) is 9.04. The molecule has 3 fully saturated rings. The third-order valence-electron chi connectivity index (χ3n) is 6.14. The van der Waals surface area contributed by atoms with Crippen molar-refractivity contribution in [3.63, 3.8) is 0 Å². The lowest BCUT2D eigenvalue weighted by atomic mass is 9.65. The van der Waals surface area contributed by atoms with Crippen molar-refractivity contribution in [3.05, 3.63) is 5.82 Å². The molecule has 4 rings (SSSR count). The number of aryl methyl sites for hydroxylation is 1. The van der Waals surface area contributed by atoms with Gasteiger partial charge in [0.1, 0.15) is 5.82 Å². The van der Waals surface area contributed by atoms with E-state index < -0.39 is 0 Å². The molecule has 2 unspecified atom stereocenters. The molecule has 3 aliphatic rings. The highest BCUT2D eigenvalue weighted by Gasteiger charge is 2.41. The molecule has 1 amide bonds. The summed E-state index contributed by atoms with van der Waals surface area (Å²) in [5, 5.41) is 0.984. The van der Waals surface area contributed by atoms with Gasteiger partial charge in [0, 0.05) is 49.7 Å². The molecule has 2 atom stereocenters. The molecule has 2 saturated carbocycles. The van der Waals surface area contributed by atoms with Crippen LogP contribution in [0.5, 0.6) is 0 Å². The number of amides is 1. The average Bonchev–Trinajstić information content (AvgIpc) is 3.01. The Bertz CT molecular complexity index is 594. The van der Waals surface area contributed by atoms with E-state index in [1.165, 1.54) is 30.8 Å². The van der Waals surface area contributed by atoms with Gasteiger partial charge in [-0.2, -0.15) is 4.37 Å². The van der Waals surface area contributed by atoms with Crippen LogP contribution in [0.25, 0.3) is 0 Å². The van der Waals surface area contributed by atoms with Gasteiger partial charge in [-0.15, -0.1) is 24.8 Å². The van der Waals surface area contributed by atoms with E-state index in [0.29, 0.717) is 23.8 Å². The largest absolute Gasteiger partial charge is 0.343 e. The SMILES string of the molecule is Cc1nsc(N2CCN(C(=O)C3CC4CCCC(C3)C4N)CC2)n1.Cl.Cl. The molecule has 1 saturated heterocycles. The Balaban J connectivity index is 0.00000121. The third kappa shape index (κ3) is 4.26. The predicted molar refractivity (Wildman–Crippen MR) is 109 cm³/mol. The maximum Gasteiger partial charge on any atom is 0.225 e. The van der Waals surface area contributed by atoms with Crippen molar-refractivity contribution in [2.45, 2.75) is 45.1 Å². The Morgan fingerprint density at radius 2 is 1.73 bits per heavy atom. The molecule has 6 nitrogen and oxygen atoms in total. The minimum absolute atomic E-state index is 0. The zero-order valence-electron chi connectivity index (χ0n) is 15.2. The van der Waals surface area contributed by atoms with E-state index in [1.807, 2.05) is 6.92 Å². The number of anilines is 1. The highest BCUT2D eigenvalue weighted by molar-refractivity contribution is 7.09. The van der Waals surface area contributed by atoms with E-state index in [-0.39, 0.29) is 30.7 Å². The average molecular weight is 422 g/mol. The predicted octanol–water partition coefficient (Wildman–Crippen LogP) is 2.49. The van der Waals surface area contributed by atoms with Gasteiger partial charge in [-0.3, -0.25) is 4.79 Å². The minimum atomic E-state index is 0. The van der Waals surface area contributed by atoms with Crippen molar-refractivity contribution in [2.75, 3.05) is 31.1 Å². The summed E-state index contributed by atoms with van der Waals surface area (Å²) in [6, 6.07) is 0.334. The first-order chi connectivity index (χ1) is 11.6. The molecular weight excluding hydrogens is 393 g/mol. The van der Waals surface area contributed by atoms with Crippen LogP contribution in [0.2, 0.25) is 0 Å². The summed E-state index contributed by atoms with van der Waals surface area (Å²) in [4.78, 5) is 21.8. The van der Waals surface area contributed by atoms with Gasteiger partial charge in [-0.05, 0) is 44.4 Å². The van der Waals surface area contributed by atoms with Crippen molar-refractivity contribution in [1.29, 1.82) is 0 Å². The molecule has 9 heteroatoms. The lowest BCUT2D eigenvalue weighted by Gasteiger charge is -2.45. The summed E-state index contributed by atoms with van der Waals surface area (Å²) in [5.74, 6) is 2.54. The van der Waals surface area contributed by atoms with Gasteiger partial charge < -0.3 is 15.5 Å². The fourth-order valence-electron chi connectivity index (χ4n) is 4.78. The number of rotatable bonds is 2. The van der Waals surface area contributed by atoms with E-state index in [1.54, 1.807) is 0 Å². The van der Waals surface area contributed by atoms with Crippen LogP contribution < -0.4 is 10.6 Å². The zero-order chi connectivity index (χ0) is 16.7. The second-order valence-corrected chi connectivity index (χ2v) is 8.36. The molecule has 1 aromatic rings. The van der Waals surface area contributed by atoms with E-state index in [9.17, 15) is 4.79 Å². The van der Waals surface area contributed by atoms with Gasteiger partial charge in [0.25, 0.3) is 0 Å². The number of halogens is 2. The van der Waals surface area contributed by atoms with Crippen LogP contribution in [0.15, 0.2) is 0 Å². The number of nitrogens with two attached hydrogens (primary N) is 1. The molecule has 2 N–H and O–H groups in total. The van der Waals surface area contributed by atoms with Crippen molar-refractivity contribution < 1.29 is 4.79 Å². The fourth-order valence-corrected chi connectivity index (χ4v) is 5.51. The first-order valence-corrected chi connectivity index (χ1v) is 9.99. The van der Waals surface area contributed by atoms with Gasteiger partial charge in [0.2, 0.25) is 11.0 Å². The Hall–Kier alpha value is -0.630. The maximum atomic E-state index is 13.0. The minimum Gasteiger partial charge on any atom is -0.343 e. The van der Waals surface area contributed by atoms with Crippen LogP contribution in [0.1, 0.15) is 37.9 Å². The molecule has 1 aromatic heterocycles. The standard InChI is InChI=1S/C17H27N5OS.2ClH/c1-11-19-17(24-20-11)22-7-5-21(6-8-22)16(23)14-9-12-3-2-4-13(10-14)15(12)18;;/h12-15H,2-10,18H2,1H3;2*1H. The molecule has 0 spiro atoms. The zero-order valence-corrected chi connectivity index (χ0v) is 17.6. The molecule has 2 aliphatic carbocycles. The number of piperazine rings is 1. The number of carbonyl (C=O) groups is 1. The molecule has 0 radical (unpaired) electrons. The third-order valence-corrected chi connectivity index (χ3v) is 7.01. The van der Waals surface area contributed by atoms with Crippen LogP contribution in [0, 0.1) is 24.7 Å². The highest BCUT2D eigenvalue weighted by Crippen LogP contribution is 2.42. The molecule has 0 aromatic carbocycles. The second-order valence-electron chi connectivity index (χ2n) is 7.63. The Morgan fingerprint density at radius 3 is 2.27 bits per heavy atom. The van der Waals surface area contributed by atoms with Gasteiger partial charge in [0.05, 0.1) is 0 Å². The lowest BCUT2D eigenvalue weighted by molar-refractivity contribution is -0.138. The summed E-state index contributed by atoms with van der Waals surface area (Å²) >= 11 is 1.45. The lowest BCUT2D eigenvalue weighted by Crippen LogP contribution is -2.53. The molecule has 148 valence electrons. The summed E-state index contributed by atoms with van der Waals surface area (Å²) < 4.78 is 4.26. The first kappa shape index (κ1) is 21.7. The van der Waals surface area contributed by atoms with Crippen LogP contribution in [-0.4, -0.2) is 52.4 Å². The van der Waals surface area contributed by atoms with Crippen molar-refractivity contribution in [2.24, 2.45) is 23.5 Å². The number of aromatic nitrogens is 2. The van der Waals surface area contributed by atoms with Crippen LogP contribution >= 0.6 is 36.3 Å². The number of fused-ring (bicyclic) bond motifs is 2. The quantitative estimate of drug-likeness (QED) is 0.793. The summed E-state index contributed by atoms with van der Waals surface area (Å²) in [6.45, 7) is 5.24. The Labute approximate surface area is 171 Å². The Kier molecular flexibility index (Phi) is 7.53. The molecule has 26 heavy (non-hydrogen) atoms. The molecule has 2 heterocycles. The molecule has 2 bridgehead atoms. The monoisotopic (exact) mass is 421 g/mol. The smallest absolute Gasteiger partial charge is 0.225 e. The van der Waals surface area contributed by atoms with Crippen molar-refractivity contribution in [1.82, 2.24) is 14.3 Å². The number of hydrogen-bond acceptors (Lipinski definition) is 6. The molecular formula is C17H29Cl2N5OS. The summed E-state index contributed by atoms with van der Waals surface area (Å²) in [7, 11) is 0. The van der Waals surface area contributed by atoms with Gasteiger partial charge in [0.15, 0.2) is 0 Å². The van der Waals surface area contributed by atoms with Crippen LogP contribution in [0.4, 0.5) is 5.13 Å². The number of carbonyl (C=O) groups excluding carboxylic acids is 1. The van der Waals surface area contributed by atoms with Gasteiger partial charge in [-0.25, -0.2) is 4.98 Å². The van der Waals surface area contributed by atoms with Crippen LogP contribution in [0.3, 0.4) is 0 Å². The Morgan fingerprint density at radius 1 is 1.12 bits per heavy atom. The van der Waals surface area contributed by atoms with Gasteiger partial charge in [-0.1, -0.05) is 6.42 Å². The van der Waals surface area contributed by atoms with E-state index >= 15 is 0 Å². The number of nitrogens with zero attached hydrogens (tertiary/aromatic N) is 4. The molecule has 1 aliphatic heterocycles. The van der Waals surface area contributed by atoms with E-state index in [2.05, 4.69) is 19.2 Å². The van der Waals surface area contributed by atoms with Crippen molar-refractivity contribution >= 4 is 47.4 Å². The summed E-state index contributed by atoms with van der Waals surface area (Å²) in [5.41, 5.74) is 6.37. The highest BCUT2D eigenvalue weighted by atomic mass is 35.5. The van der Waals surface area contributed by atoms with Gasteiger partial charge >= 0.3 is 0 Å². The summed E-state index contributed by atoms with van der Waals surface area (Å²) in [6.07, 6.45) is 5.74.